The lowest BCUT2D eigenvalue weighted by molar-refractivity contribution is -0.383. The number of hydrogen-bond donors (Lipinski definition) is 1. The molecule has 0 spiro atoms. The SMILES string of the molecule is Cc1ccc(C(C)(C)C)cc1SCC(=O)Nc1ccccc1[N+](=O)[O-]. The quantitative estimate of drug-likeness (QED) is 0.467. The summed E-state index contributed by atoms with van der Waals surface area (Å²) in [5.74, 6) is -0.0691. The lowest BCUT2D eigenvalue weighted by Crippen LogP contribution is -2.15. The molecule has 1 N–H and O–H groups in total. The van der Waals surface area contributed by atoms with E-state index in [-0.39, 0.29) is 28.4 Å². The average molecular weight is 358 g/mol. The number of hydrogen-bond acceptors (Lipinski definition) is 4. The van der Waals surface area contributed by atoms with Crippen molar-refractivity contribution in [3.05, 3.63) is 63.7 Å². The zero-order valence-electron chi connectivity index (χ0n) is 14.8. The van der Waals surface area contributed by atoms with Crippen molar-refractivity contribution >= 4 is 29.0 Å². The van der Waals surface area contributed by atoms with Crippen molar-refractivity contribution in [1.82, 2.24) is 0 Å². The van der Waals surface area contributed by atoms with E-state index in [1.807, 2.05) is 6.92 Å². The summed E-state index contributed by atoms with van der Waals surface area (Å²) < 4.78 is 0. The molecule has 2 rings (SSSR count). The molecule has 0 radical (unpaired) electrons. The second kappa shape index (κ2) is 7.70. The second-order valence-corrected chi connectivity index (χ2v) is 7.86. The maximum atomic E-state index is 12.2. The van der Waals surface area contributed by atoms with Crippen LogP contribution in [0.4, 0.5) is 11.4 Å². The Morgan fingerprint density at radius 3 is 2.52 bits per heavy atom. The van der Waals surface area contributed by atoms with Gasteiger partial charge in [0.1, 0.15) is 5.69 Å². The topological polar surface area (TPSA) is 72.2 Å². The van der Waals surface area contributed by atoms with Gasteiger partial charge in [-0.3, -0.25) is 14.9 Å². The van der Waals surface area contributed by atoms with Crippen LogP contribution in [0.5, 0.6) is 0 Å². The Bertz CT molecular complexity index is 797. The molecule has 0 heterocycles. The van der Waals surface area contributed by atoms with Crippen LogP contribution < -0.4 is 5.32 Å². The van der Waals surface area contributed by atoms with E-state index in [1.165, 1.54) is 29.5 Å². The number of carbonyl (C=O) groups excluding carboxylic acids is 1. The van der Waals surface area contributed by atoms with Crippen molar-refractivity contribution in [2.75, 3.05) is 11.1 Å². The fourth-order valence-corrected chi connectivity index (χ4v) is 3.16. The molecule has 132 valence electrons. The minimum atomic E-state index is -0.500. The van der Waals surface area contributed by atoms with E-state index >= 15 is 0 Å². The first-order valence-corrected chi connectivity index (χ1v) is 8.94. The smallest absolute Gasteiger partial charge is 0.292 e. The van der Waals surface area contributed by atoms with Gasteiger partial charge in [-0.1, -0.05) is 45.0 Å². The third-order valence-electron chi connectivity index (χ3n) is 3.79. The van der Waals surface area contributed by atoms with E-state index < -0.39 is 4.92 Å². The van der Waals surface area contributed by atoms with Gasteiger partial charge in [0.2, 0.25) is 5.91 Å². The Balaban J connectivity index is 2.07. The van der Waals surface area contributed by atoms with Gasteiger partial charge in [-0.2, -0.15) is 0 Å². The van der Waals surface area contributed by atoms with Gasteiger partial charge in [0.15, 0.2) is 0 Å². The van der Waals surface area contributed by atoms with E-state index in [0.29, 0.717) is 0 Å². The van der Waals surface area contributed by atoms with Crippen molar-refractivity contribution in [3.8, 4) is 0 Å². The van der Waals surface area contributed by atoms with Crippen LogP contribution in [-0.2, 0) is 10.2 Å². The van der Waals surface area contributed by atoms with Gasteiger partial charge < -0.3 is 5.32 Å². The van der Waals surface area contributed by atoms with Gasteiger partial charge in [-0.05, 0) is 35.6 Å². The number of carbonyl (C=O) groups is 1. The van der Waals surface area contributed by atoms with Crippen molar-refractivity contribution < 1.29 is 9.72 Å². The van der Waals surface area contributed by atoms with Crippen LogP contribution in [0.3, 0.4) is 0 Å². The third-order valence-corrected chi connectivity index (χ3v) is 4.95. The highest BCUT2D eigenvalue weighted by Crippen LogP contribution is 2.30. The average Bonchev–Trinajstić information content (AvgIpc) is 2.53. The minimum absolute atomic E-state index is 0.0376. The number of nitrogens with one attached hydrogen (secondary N) is 1. The first-order chi connectivity index (χ1) is 11.7. The molecule has 1 amide bonds. The van der Waals surface area contributed by atoms with Crippen LogP contribution in [0.25, 0.3) is 0 Å². The van der Waals surface area contributed by atoms with Gasteiger partial charge in [0.25, 0.3) is 5.69 Å². The summed E-state index contributed by atoms with van der Waals surface area (Å²) >= 11 is 1.44. The van der Waals surface area contributed by atoms with E-state index in [1.54, 1.807) is 12.1 Å². The van der Waals surface area contributed by atoms with Crippen molar-refractivity contribution in [2.24, 2.45) is 0 Å². The van der Waals surface area contributed by atoms with Crippen LogP contribution in [0.2, 0.25) is 0 Å². The van der Waals surface area contributed by atoms with Crippen molar-refractivity contribution in [1.29, 1.82) is 0 Å². The van der Waals surface area contributed by atoms with Gasteiger partial charge in [0.05, 0.1) is 10.7 Å². The van der Waals surface area contributed by atoms with Crippen LogP contribution in [-0.4, -0.2) is 16.6 Å². The summed E-state index contributed by atoms with van der Waals surface area (Å²) in [5.41, 5.74) is 2.47. The molecule has 0 fully saturated rings. The fraction of sp³-hybridized carbons (Fsp3) is 0.316. The van der Waals surface area contributed by atoms with E-state index in [2.05, 4.69) is 44.3 Å². The fourth-order valence-electron chi connectivity index (χ4n) is 2.29. The molecule has 0 saturated heterocycles. The maximum Gasteiger partial charge on any atom is 0.292 e. The number of amides is 1. The zero-order chi connectivity index (χ0) is 18.6. The molecule has 0 aromatic heterocycles. The number of aryl methyl sites for hydroxylation is 1. The molecule has 5 nitrogen and oxygen atoms in total. The lowest BCUT2D eigenvalue weighted by Gasteiger charge is -2.20. The number of nitrogens with zero attached hydrogens (tertiary/aromatic N) is 1. The number of nitro groups is 1. The van der Waals surface area contributed by atoms with Crippen LogP contribution in [0.15, 0.2) is 47.4 Å². The summed E-state index contributed by atoms with van der Waals surface area (Å²) in [5, 5.41) is 13.6. The summed E-state index contributed by atoms with van der Waals surface area (Å²) in [6, 6.07) is 12.4. The van der Waals surface area contributed by atoms with Gasteiger partial charge in [-0.15, -0.1) is 11.8 Å². The number of rotatable bonds is 5. The Morgan fingerprint density at radius 1 is 1.20 bits per heavy atom. The minimum Gasteiger partial charge on any atom is -0.320 e. The maximum absolute atomic E-state index is 12.2. The molecule has 0 saturated carbocycles. The summed E-state index contributed by atoms with van der Waals surface area (Å²) in [7, 11) is 0. The monoisotopic (exact) mass is 358 g/mol. The number of benzene rings is 2. The molecular formula is C19H22N2O3S. The molecule has 0 atom stereocenters. The molecule has 2 aromatic rings. The second-order valence-electron chi connectivity index (χ2n) is 6.84. The number of thioether (sulfide) groups is 1. The number of nitro benzene ring substituents is 1. The normalized spacial score (nSPS) is 11.2. The Kier molecular flexibility index (Phi) is 5.85. The predicted octanol–water partition coefficient (Wildman–Crippen LogP) is 4.93. The summed E-state index contributed by atoms with van der Waals surface area (Å²) in [6.07, 6.45) is 0. The van der Waals surface area contributed by atoms with Gasteiger partial charge in [0, 0.05) is 11.0 Å². The summed E-state index contributed by atoms with van der Waals surface area (Å²) in [4.78, 5) is 23.8. The molecular weight excluding hydrogens is 336 g/mol. The van der Waals surface area contributed by atoms with Crippen LogP contribution in [0, 0.1) is 17.0 Å². The van der Waals surface area contributed by atoms with Crippen LogP contribution in [0.1, 0.15) is 31.9 Å². The molecule has 0 aliphatic rings. The highest BCUT2D eigenvalue weighted by Gasteiger charge is 2.17. The number of anilines is 1. The third kappa shape index (κ3) is 5.06. The largest absolute Gasteiger partial charge is 0.320 e. The van der Waals surface area contributed by atoms with Crippen molar-refractivity contribution in [2.45, 2.75) is 38.0 Å². The first kappa shape index (κ1) is 19.0. The molecule has 0 aliphatic carbocycles. The molecule has 2 aromatic carbocycles. The number of para-hydroxylation sites is 2. The Morgan fingerprint density at radius 2 is 1.88 bits per heavy atom. The van der Waals surface area contributed by atoms with E-state index in [9.17, 15) is 14.9 Å². The summed E-state index contributed by atoms with van der Waals surface area (Å²) in [6.45, 7) is 8.45. The lowest BCUT2D eigenvalue weighted by atomic mass is 9.87. The van der Waals surface area contributed by atoms with Crippen molar-refractivity contribution in [3.63, 3.8) is 0 Å². The highest BCUT2D eigenvalue weighted by molar-refractivity contribution is 8.00. The molecule has 0 unspecified atom stereocenters. The van der Waals surface area contributed by atoms with Gasteiger partial charge in [-0.25, -0.2) is 0 Å². The standard InChI is InChI=1S/C19H22N2O3S/c1-13-9-10-14(19(2,3)4)11-17(13)25-12-18(22)20-15-7-5-6-8-16(15)21(23)24/h5-11H,12H2,1-4H3,(H,20,22). The first-order valence-electron chi connectivity index (χ1n) is 7.95. The molecule has 0 bridgehead atoms. The Labute approximate surface area is 152 Å². The molecule has 0 aliphatic heterocycles. The molecule has 6 heteroatoms. The van der Waals surface area contributed by atoms with E-state index in [4.69, 9.17) is 0 Å². The predicted molar refractivity (Wildman–Crippen MR) is 102 cm³/mol. The van der Waals surface area contributed by atoms with E-state index in [0.717, 1.165) is 10.5 Å². The van der Waals surface area contributed by atoms with Crippen LogP contribution >= 0.6 is 11.8 Å². The highest BCUT2D eigenvalue weighted by atomic mass is 32.2. The molecule has 25 heavy (non-hydrogen) atoms. The zero-order valence-corrected chi connectivity index (χ0v) is 15.6. The Hall–Kier alpha value is -2.34. The van der Waals surface area contributed by atoms with Gasteiger partial charge >= 0.3 is 0 Å².